The number of hydrogen-bond donors (Lipinski definition) is 1. The average molecular weight is 261 g/mol. The molecule has 0 saturated carbocycles. The summed E-state index contributed by atoms with van der Waals surface area (Å²) in [5.74, 6) is 0. The Morgan fingerprint density at radius 1 is 1.56 bits per heavy atom. The zero-order valence-electron chi connectivity index (χ0n) is 9.74. The van der Waals surface area contributed by atoms with E-state index < -0.39 is 10.8 Å². The zero-order chi connectivity index (χ0) is 12.1. The number of halogens is 1. The molecular formula is C11H17ClN2OS. The predicted octanol–water partition coefficient (Wildman–Crippen LogP) is 2.15. The third-order valence-corrected chi connectivity index (χ3v) is 4.15. The summed E-state index contributed by atoms with van der Waals surface area (Å²) in [4.78, 5) is 4.03. The van der Waals surface area contributed by atoms with E-state index in [1.54, 1.807) is 12.5 Å². The van der Waals surface area contributed by atoms with Gasteiger partial charge in [-0.05, 0) is 19.9 Å². The molecule has 3 atom stereocenters. The topological polar surface area (TPSA) is 42.0 Å². The lowest BCUT2D eigenvalue weighted by Crippen LogP contribution is -2.29. The lowest BCUT2D eigenvalue weighted by molar-refractivity contribution is 0.567. The van der Waals surface area contributed by atoms with Crippen LogP contribution in [-0.4, -0.2) is 27.2 Å². The molecule has 3 nitrogen and oxygen atoms in total. The first-order valence-corrected chi connectivity index (χ1v) is 7.18. The standard InChI is InChI=1S/C11H17ClN2OS/c1-8(16(3)15)7-14-9(2)10-5-4-6-13-11(10)12/h4-6,8-9,14H,7H2,1-3H3. The Bertz CT molecular complexity index is 373. The highest BCUT2D eigenvalue weighted by Gasteiger charge is 2.12. The minimum Gasteiger partial charge on any atom is -0.309 e. The highest BCUT2D eigenvalue weighted by Crippen LogP contribution is 2.19. The Morgan fingerprint density at radius 2 is 2.25 bits per heavy atom. The molecule has 90 valence electrons. The Morgan fingerprint density at radius 3 is 2.81 bits per heavy atom. The maximum absolute atomic E-state index is 11.2. The van der Waals surface area contributed by atoms with Gasteiger partial charge in [0, 0.05) is 46.7 Å². The second-order valence-corrected chi connectivity index (χ2v) is 5.98. The van der Waals surface area contributed by atoms with Crippen molar-refractivity contribution in [2.75, 3.05) is 12.8 Å². The average Bonchev–Trinajstić information content (AvgIpc) is 2.25. The van der Waals surface area contributed by atoms with E-state index in [1.807, 2.05) is 26.0 Å². The molecule has 0 aliphatic carbocycles. The molecule has 1 aromatic heterocycles. The number of nitrogens with one attached hydrogen (secondary N) is 1. The van der Waals surface area contributed by atoms with Gasteiger partial charge in [0.05, 0.1) is 0 Å². The highest BCUT2D eigenvalue weighted by molar-refractivity contribution is 7.84. The lowest BCUT2D eigenvalue weighted by Gasteiger charge is -2.17. The lowest BCUT2D eigenvalue weighted by atomic mass is 10.1. The van der Waals surface area contributed by atoms with Gasteiger partial charge in [-0.15, -0.1) is 0 Å². The van der Waals surface area contributed by atoms with Crippen LogP contribution in [0.5, 0.6) is 0 Å². The minimum absolute atomic E-state index is 0.118. The van der Waals surface area contributed by atoms with Gasteiger partial charge in [0.15, 0.2) is 0 Å². The van der Waals surface area contributed by atoms with Gasteiger partial charge in [-0.2, -0.15) is 0 Å². The van der Waals surface area contributed by atoms with Crippen LogP contribution >= 0.6 is 11.6 Å². The van der Waals surface area contributed by atoms with Gasteiger partial charge in [0.25, 0.3) is 0 Å². The summed E-state index contributed by atoms with van der Waals surface area (Å²) >= 11 is 5.99. The van der Waals surface area contributed by atoms with Crippen LogP contribution < -0.4 is 5.32 Å². The van der Waals surface area contributed by atoms with Crippen LogP contribution in [0.4, 0.5) is 0 Å². The second-order valence-electron chi connectivity index (χ2n) is 3.82. The van der Waals surface area contributed by atoms with Gasteiger partial charge in [-0.25, -0.2) is 4.98 Å². The van der Waals surface area contributed by atoms with Crippen LogP contribution in [0, 0.1) is 0 Å². The van der Waals surface area contributed by atoms with Crippen molar-refractivity contribution < 1.29 is 4.21 Å². The number of rotatable bonds is 5. The van der Waals surface area contributed by atoms with Crippen LogP contribution in [0.2, 0.25) is 5.15 Å². The van der Waals surface area contributed by atoms with Crippen molar-refractivity contribution in [3.63, 3.8) is 0 Å². The van der Waals surface area contributed by atoms with Crippen LogP contribution in [0.1, 0.15) is 25.5 Å². The SMILES string of the molecule is CC(NCC(C)S(C)=O)c1cccnc1Cl. The van der Waals surface area contributed by atoms with E-state index in [-0.39, 0.29) is 11.3 Å². The fourth-order valence-electron chi connectivity index (χ4n) is 1.29. The van der Waals surface area contributed by atoms with E-state index in [0.717, 1.165) is 5.56 Å². The van der Waals surface area contributed by atoms with E-state index in [4.69, 9.17) is 11.6 Å². The number of aromatic nitrogens is 1. The van der Waals surface area contributed by atoms with Gasteiger partial charge in [-0.1, -0.05) is 17.7 Å². The predicted molar refractivity (Wildman–Crippen MR) is 69.2 cm³/mol. The van der Waals surface area contributed by atoms with Gasteiger partial charge >= 0.3 is 0 Å². The van der Waals surface area contributed by atoms with Crippen molar-refractivity contribution in [2.45, 2.75) is 25.1 Å². The fraction of sp³-hybridized carbons (Fsp3) is 0.545. The Kier molecular flexibility index (Phi) is 5.38. The first-order valence-electron chi connectivity index (χ1n) is 5.18. The maximum atomic E-state index is 11.2. The monoisotopic (exact) mass is 260 g/mol. The molecule has 1 heterocycles. The summed E-state index contributed by atoms with van der Waals surface area (Å²) < 4.78 is 11.2. The molecule has 1 aromatic rings. The summed E-state index contributed by atoms with van der Waals surface area (Å²) in [7, 11) is -0.800. The van der Waals surface area contributed by atoms with E-state index in [1.165, 1.54) is 0 Å². The molecule has 0 radical (unpaired) electrons. The van der Waals surface area contributed by atoms with Gasteiger partial charge in [0.1, 0.15) is 5.15 Å². The van der Waals surface area contributed by atoms with Crippen molar-refractivity contribution in [2.24, 2.45) is 0 Å². The molecule has 5 heteroatoms. The van der Waals surface area contributed by atoms with Crippen LogP contribution in [-0.2, 0) is 10.8 Å². The molecule has 0 fully saturated rings. The van der Waals surface area contributed by atoms with Crippen molar-refractivity contribution in [1.29, 1.82) is 0 Å². The smallest absolute Gasteiger partial charge is 0.133 e. The van der Waals surface area contributed by atoms with Crippen LogP contribution in [0.25, 0.3) is 0 Å². The second kappa shape index (κ2) is 6.33. The molecule has 0 saturated heterocycles. The molecule has 0 aliphatic rings. The molecule has 16 heavy (non-hydrogen) atoms. The van der Waals surface area contributed by atoms with Gasteiger partial charge in [-0.3, -0.25) is 4.21 Å². The normalized spacial score (nSPS) is 16.8. The number of pyridine rings is 1. The van der Waals surface area contributed by atoms with Crippen molar-refractivity contribution in [1.82, 2.24) is 10.3 Å². The van der Waals surface area contributed by atoms with Crippen LogP contribution in [0.3, 0.4) is 0 Å². The molecule has 1 rings (SSSR count). The van der Waals surface area contributed by atoms with E-state index >= 15 is 0 Å². The Hall–Kier alpha value is -0.450. The van der Waals surface area contributed by atoms with E-state index in [2.05, 4.69) is 10.3 Å². The summed E-state index contributed by atoms with van der Waals surface area (Å²) in [5.41, 5.74) is 0.971. The molecule has 1 N–H and O–H groups in total. The third-order valence-electron chi connectivity index (χ3n) is 2.53. The minimum atomic E-state index is -0.800. The molecule has 0 spiro atoms. The third kappa shape index (κ3) is 3.85. The van der Waals surface area contributed by atoms with Crippen molar-refractivity contribution in [3.05, 3.63) is 29.0 Å². The first kappa shape index (κ1) is 13.6. The summed E-state index contributed by atoms with van der Waals surface area (Å²) in [6.07, 6.45) is 3.39. The molecule has 0 aromatic carbocycles. The number of hydrogen-bond acceptors (Lipinski definition) is 3. The summed E-state index contributed by atoms with van der Waals surface area (Å²) in [5, 5.41) is 3.96. The fourth-order valence-corrected chi connectivity index (χ4v) is 1.91. The van der Waals surface area contributed by atoms with Crippen LogP contribution in [0.15, 0.2) is 18.3 Å². The quantitative estimate of drug-likeness (QED) is 0.825. The van der Waals surface area contributed by atoms with Crippen molar-refractivity contribution in [3.8, 4) is 0 Å². The summed E-state index contributed by atoms with van der Waals surface area (Å²) in [6.45, 7) is 4.68. The molecule has 3 unspecified atom stereocenters. The Balaban J connectivity index is 2.56. The Labute approximate surface area is 104 Å². The highest BCUT2D eigenvalue weighted by atomic mass is 35.5. The summed E-state index contributed by atoms with van der Waals surface area (Å²) in [6, 6.07) is 3.92. The maximum Gasteiger partial charge on any atom is 0.133 e. The zero-order valence-corrected chi connectivity index (χ0v) is 11.3. The van der Waals surface area contributed by atoms with Crippen molar-refractivity contribution >= 4 is 22.4 Å². The first-order chi connectivity index (χ1) is 7.52. The van der Waals surface area contributed by atoms with E-state index in [0.29, 0.717) is 11.7 Å². The van der Waals surface area contributed by atoms with E-state index in [9.17, 15) is 4.21 Å². The molecule has 0 bridgehead atoms. The largest absolute Gasteiger partial charge is 0.309 e. The van der Waals surface area contributed by atoms with Gasteiger partial charge < -0.3 is 5.32 Å². The number of nitrogens with zero attached hydrogens (tertiary/aromatic N) is 1. The molecule has 0 aliphatic heterocycles. The van der Waals surface area contributed by atoms with Gasteiger partial charge in [0.2, 0.25) is 0 Å². The molecule has 0 amide bonds. The molecular weight excluding hydrogens is 244 g/mol.